The summed E-state index contributed by atoms with van der Waals surface area (Å²) in [7, 11) is -2.44. The first-order valence-corrected chi connectivity index (χ1v) is 5.85. The largest absolute Gasteiger partial charge is 0.316 e. The Morgan fingerprint density at radius 1 is 1.62 bits per heavy atom. The Kier molecular flexibility index (Phi) is 2.92. The number of alkyl halides is 1. The van der Waals surface area contributed by atoms with E-state index in [9.17, 15) is 9.36 Å². The molecule has 0 saturated heterocycles. The molecule has 0 aliphatic rings. The van der Waals surface area contributed by atoms with Crippen molar-refractivity contribution in [1.29, 1.82) is 0 Å². The molecular formula is C4H8BrO2P. The fourth-order valence-corrected chi connectivity index (χ4v) is 2.24. The van der Waals surface area contributed by atoms with E-state index < -0.39 is 7.14 Å². The minimum absolute atomic E-state index is 0.197. The van der Waals surface area contributed by atoms with Crippen molar-refractivity contribution >= 4 is 28.6 Å². The molecule has 0 aromatic carbocycles. The van der Waals surface area contributed by atoms with Crippen molar-refractivity contribution in [2.45, 2.75) is 0 Å². The van der Waals surface area contributed by atoms with Crippen molar-refractivity contribution in [3.63, 3.8) is 0 Å². The Bertz CT molecular complexity index is 137. The minimum Gasteiger partial charge on any atom is -0.316 e. The quantitative estimate of drug-likeness (QED) is 0.499. The van der Waals surface area contributed by atoms with E-state index in [4.69, 9.17) is 0 Å². The van der Waals surface area contributed by atoms with Gasteiger partial charge < -0.3 is 4.57 Å². The molecule has 4 heteroatoms. The third-order valence-electron chi connectivity index (χ3n) is 0.715. The van der Waals surface area contributed by atoms with Crippen LogP contribution in [0.15, 0.2) is 0 Å². The van der Waals surface area contributed by atoms with Gasteiger partial charge in [-0.05, 0) is 13.3 Å². The Balaban J connectivity index is 4.04. The molecule has 0 aliphatic heterocycles. The van der Waals surface area contributed by atoms with Crippen LogP contribution in [0.5, 0.6) is 0 Å². The smallest absolute Gasteiger partial charge is 0.201 e. The van der Waals surface area contributed by atoms with Crippen LogP contribution in [-0.4, -0.2) is 24.2 Å². The highest BCUT2D eigenvalue weighted by Crippen LogP contribution is 2.37. The lowest BCUT2D eigenvalue weighted by molar-refractivity contribution is -0.109. The van der Waals surface area contributed by atoms with E-state index >= 15 is 0 Å². The molecule has 0 saturated carbocycles. The lowest BCUT2D eigenvalue weighted by Gasteiger charge is -1.98. The van der Waals surface area contributed by atoms with Crippen LogP contribution < -0.4 is 0 Å². The molecular weight excluding hydrogens is 191 g/mol. The van der Waals surface area contributed by atoms with Crippen molar-refractivity contribution in [3.8, 4) is 0 Å². The van der Waals surface area contributed by atoms with Gasteiger partial charge in [-0.25, -0.2) is 0 Å². The predicted octanol–water partition coefficient (Wildman–Crippen LogP) is 1.53. The molecule has 0 atom stereocenters. The van der Waals surface area contributed by atoms with Crippen LogP contribution in [0.25, 0.3) is 0 Å². The topological polar surface area (TPSA) is 34.1 Å². The van der Waals surface area contributed by atoms with Gasteiger partial charge >= 0.3 is 0 Å². The molecule has 0 fully saturated rings. The van der Waals surface area contributed by atoms with Gasteiger partial charge in [0.05, 0.1) is 5.33 Å². The summed E-state index contributed by atoms with van der Waals surface area (Å²) in [5, 5.41) is 0.206. The highest BCUT2D eigenvalue weighted by atomic mass is 79.9. The van der Waals surface area contributed by atoms with E-state index in [0.29, 0.717) is 0 Å². The molecule has 48 valence electrons. The maximum absolute atomic E-state index is 10.8. The van der Waals surface area contributed by atoms with Crippen molar-refractivity contribution in [2.75, 3.05) is 18.7 Å². The lowest BCUT2D eigenvalue weighted by Crippen LogP contribution is -1.97. The van der Waals surface area contributed by atoms with Crippen molar-refractivity contribution in [2.24, 2.45) is 0 Å². The van der Waals surface area contributed by atoms with Gasteiger partial charge in [-0.1, -0.05) is 15.9 Å². The molecule has 0 unspecified atom stereocenters. The third-order valence-corrected chi connectivity index (χ3v) is 3.02. The van der Waals surface area contributed by atoms with Gasteiger partial charge in [-0.3, -0.25) is 4.79 Å². The first kappa shape index (κ1) is 8.38. The molecule has 0 spiro atoms. The number of carbonyl (C=O) groups excluding carboxylic acids is 1. The number of carbonyl (C=O) groups is 1. The second-order valence-electron chi connectivity index (χ2n) is 1.88. The monoisotopic (exact) mass is 198 g/mol. The molecule has 0 rings (SSSR count). The molecule has 0 aromatic rings. The lowest BCUT2D eigenvalue weighted by atomic mass is 10.9. The highest BCUT2D eigenvalue weighted by Gasteiger charge is 2.16. The van der Waals surface area contributed by atoms with Crippen LogP contribution in [0.3, 0.4) is 0 Å². The summed E-state index contributed by atoms with van der Waals surface area (Å²) in [5.41, 5.74) is -0.197. The maximum atomic E-state index is 10.8. The Morgan fingerprint density at radius 3 is 2.00 bits per heavy atom. The molecule has 0 bridgehead atoms. The fraction of sp³-hybridized carbons (Fsp3) is 0.750. The van der Waals surface area contributed by atoms with Crippen molar-refractivity contribution in [1.82, 2.24) is 0 Å². The molecule has 0 N–H and O–H groups in total. The summed E-state index contributed by atoms with van der Waals surface area (Å²) in [6, 6.07) is 0. The SMILES string of the molecule is CP(C)(=O)C(=O)CBr. The zero-order valence-corrected chi connectivity index (χ0v) is 7.33. The summed E-state index contributed by atoms with van der Waals surface area (Å²) >= 11 is 2.93. The van der Waals surface area contributed by atoms with Gasteiger partial charge in [0.2, 0.25) is 5.52 Å². The molecule has 0 radical (unpaired) electrons. The van der Waals surface area contributed by atoms with Crippen molar-refractivity contribution < 1.29 is 9.36 Å². The van der Waals surface area contributed by atoms with Gasteiger partial charge in [0.25, 0.3) is 0 Å². The van der Waals surface area contributed by atoms with E-state index in [0.717, 1.165) is 0 Å². The van der Waals surface area contributed by atoms with Gasteiger partial charge in [-0.2, -0.15) is 0 Å². The normalized spacial score (nSPS) is 11.4. The molecule has 8 heavy (non-hydrogen) atoms. The molecule has 0 aliphatic carbocycles. The van der Waals surface area contributed by atoms with Crippen LogP contribution in [0.4, 0.5) is 0 Å². The van der Waals surface area contributed by atoms with E-state index in [-0.39, 0.29) is 10.9 Å². The van der Waals surface area contributed by atoms with Gasteiger partial charge in [0.15, 0.2) is 0 Å². The van der Waals surface area contributed by atoms with Crippen LogP contribution in [0, 0.1) is 0 Å². The molecule has 0 amide bonds. The van der Waals surface area contributed by atoms with E-state index in [1.807, 2.05) is 0 Å². The Hall–Kier alpha value is 0.380. The van der Waals surface area contributed by atoms with Gasteiger partial charge in [-0.15, -0.1) is 0 Å². The third kappa shape index (κ3) is 2.63. The zero-order valence-electron chi connectivity index (χ0n) is 4.85. The van der Waals surface area contributed by atoms with Gasteiger partial charge in [0, 0.05) is 0 Å². The first-order chi connectivity index (χ1) is 3.48. The average molecular weight is 199 g/mol. The number of rotatable bonds is 2. The van der Waals surface area contributed by atoms with E-state index in [1.165, 1.54) is 13.3 Å². The van der Waals surface area contributed by atoms with Crippen molar-refractivity contribution in [3.05, 3.63) is 0 Å². The minimum atomic E-state index is -2.44. The van der Waals surface area contributed by atoms with Crippen LogP contribution in [0.2, 0.25) is 0 Å². The van der Waals surface area contributed by atoms with Crippen LogP contribution in [0.1, 0.15) is 0 Å². The number of hydrogen-bond donors (Lipinski definition) is 0. The number of halogens is 1. The summed E-state index contributed by atoms with van der Waals surface area (Å²) in [4.78, 5) is 10.5. The van der Waals surface area contributed by atoms with Gasteiger partial charge in [0.1, 0.15) is 7.14 Å². The fourth-order valence-electron chi connectivity index (χ4n) is 0.144. The first-order valence-electron chi connectivity index (χ1n) is 2.13. The standard InChI is InChI=1S/C4H8BrO2P/c1-8(2,7)4(6)3-5/h3H2,1-2H3. The molecule has 0 heterocycles. The van der Waals surface area contributed by atoms with E-state index in [1.54, 1.807) is 0 Å². The zero-order chi connectivity index (χ0) is 6.78. The molecule has 2 nitrogen and oxygen atoms in total. The average Bonchev–Trinajstić information content (AvgIpc) is 1.62. The van der Waals surface area contributed by atoms with E-state index in [2.05, 4.69) is 15.9 Å². The highest BCUT2D eigenvalue weighted by molar-refractivity contribution is 9.09. The Labute approximate surface area is 57.2 Å². The summed E-state index contributed by atoms with van der Waals surface area (Å²) in [6.07, 6.45) is 0. The summed E-state index contributed by atoms with van der Waals surface area (Å²) in [6.45, 7) is 2.94. The summed E-state index contributed by atoms with van der Waals surface area (Å²) in [5.74, 6) is 0. The summed E-state index contributed by atoms with van der Waals surface area (Å²) < 4.78 is 10.8. The second kappa shape index (κ2) is 2.79. The maximum Gasteiger partial charge on any atom is 0.201 e. The molecule has 0 aromatic heterocycles. The predicted molar refractivity (Wildman–Crippen MR) is 38.3 cm³/mol. The van der Waals surface area contributed by atoms with Crippen LogP contribution in [-0.2, 0) is 9.36 Å². The number of hydrogen-bond acceptors (Lipinski definition) is 2. The Morgan fingerprint density at radius 2 is 2.00 bits per heavy atom. The van der Waals surface area contributed by atoms with Crippen LogP contribution >= 0.6 is 23.1 Å². The second-order valence-corrected chi connectivity index (χ2v) is 5.64.